The topological polar surface area (TPSA) is 0 Å². The van der Waals surface area contributed by atoms with Crippen LogP contribution in [-0.4, -0.2) is 0 Å². The van der Waals surface area contributed by atoms with Crippen LogP contribution in [0.25, 0.3) is 0 Å². The van der Waals surface area contributed by atoms with Gasteiger partial charge in [0.2, 0.25) is 0 Å². The Bertz CT molecular complexity index is 375. The molecule has 0 N–H and O–H groups in total. The van der Waals surface area contributed by atoms with E-state index >= 15 is 0 Å². The van der Waals surface area contributed by atoms with Gasteiger partial charge < -0.3 is 0 Å². The first kappa shape index (κ1) is 21.8. The molecule has 2 aliphatic carbocycles. The van der Waals surface area contributed by atoms with Gasteiger partial charge in [0.05, 0.1) is 0 Å². The highest BCUT2D eigenvalue weighted by Gasteiger charge is 2.20. The summed E-state index contributed by atoms with van der Waals surface area (Å²) >= 11 is 0. The van der Waals surface area contributed by atoms with Gasteiger partial charge in [-0.15, -0.1) is 0 Å². The van der Waals surface area contributed by atoms with Gasteiger partial charge in [-0.1, -0.05) is 95.9 Å². The van der Waals surface area contributed by atoms with Gasteiger partial charge in [-0.25, -0.2) is 0 Å². The Morgan fingerprint density at radius 3 is 1.65 bits per heavy atom. The maximum atomic E-state index is 2.57. The van der Waals surface area contributed by atoms with Crippen LogP contribution >= 0.6 is 0 Å². The van der Waals surface area contributed by atoms with Gasteiger partial charge in [0.15, 0.2) is 0 Å². The first-order chi connectivity index (χ1) is 12.8. The molecule has 0 aliphatic heterocycles. The highest BCUT2D eigenvalue weighted by Crippen LogP contribution is 2.35. The van der Waals surface area contributed by atoms with E-state index in [0.717, 1.165) is 23.7 Å². The second kappa shape index (κ2) is 13.6. The predicted molar refractivity (Wildman–Crippen MR) is 117 cm³/mol. The Balaban J connectivity index is 1.51. The van der Waals surface area contributed by atoms with E-state index in [2.05, 4.69) is 38.2 Å². The van der Waals surface area contributed by atoms with Crippen LogP contribution < -0.4 is 0 Å². The van der Waals surface area contributed by atoms with Gasteiger partial charge in [0.25, 0.3) is 0 Å². The lowest BCUT2D eigenvalue weighted by atomic mass is 9.78. The first-order valence-corrected chi connectivity index (χ1v) is 12.1. The van der Waals surface area contributed by atoms with E-state index < -0.39 is 0 Å². The van der Waals surface area contributed by atoms with E-state index in [1.165, 1.54) is 103 Å². The van der Waals surface area contributed by atoms with Crippen LogP contribution in [0.15, 0.2) is 24.3 Å². The summed E-state index contributed by atoms with van der Waals surface area (Å²) in [4.78, 5) is 0. The third-order valence-electron chi connectivity index (χ3n) is 7.01. The number of unbranched alkanes of at least 4 members (excludes halogenated alkanes) is 3. The molecular formula is C26H46. The summed E-state index contributed by atoms with van der Waals surface area (Å²) in [6.45, 7) is 4.59. The van der Waals surface area contributed by atoms with Gasteiger partial charge in [-0.3, -0.25) is 0 Å². The van der Waals surface area contributed by atoms with E-state index in [0.29, 0.717) is 0 Å². The highest BCUT2D eigenvalue weighted by molar-refractivity contribution is 4.96. The Hall–Kier alpha value is -0.520. The van der Waals surface area contributed by atoms with Gasteiger partial charge >= 0.3 is 0 Å². The summed E-state index contributed by atoms with van der Waals surface area (Å²) in [5, 5.41) is 0. The van der Waals surface area contributed by atoms with Gasteiger partial charge in [0.1, 0.15) is 0 Å². The lowest BCUT2D eigenvalue weighted by Gasteiger charge is -2.28. The molecule has 0 amide bonds. The van der Waals surface area contributed by atoms with E-state index in [9.17, 15) is 0 Å². The highest BCUT2D eigenvalue weighted by atomic mass is 14.3. The molecule has 150 valence electrons. The van der Waals surface area contributed by atoms with Crippen molar-refractivity contribution in [2.45, 2.75) is 117 Å². The molecule has 0 bridgehead atoms. The predicted octanol–water partition coefficient (Wildman–Crippen LogP) is 8.87. The minimum Gasteiger partial charge on any atom is -0.0883 e. The molecule has 2 aliphatic rings. The second-order valence-electron chi connectivity index (χ2n) is 9.28. The normalized spacial score (nSPS) is 30.4. The van der Waals surface area contributed by atoms with E-state index in [4.69, 9.17) is 0 Å². The van der Waals surface area contributed by atoms with Crippen molar-refractivity contribution in [1.82, 2.24) is 0 Å². The molecule has 0 aromatic heterocycles. The standard InChI is InChI=1S/C26H46/c1-3-5-7-11-23-15-19-25(20-16-23)13-9-10-14-26-21-17-24(18-22-26)12-8-6-4-2/h7,9,11,13,23-26H,3-6,8,10,12,14-22H2,1-2H3/b11-7+,13-9+. The molecule has 0 radical (unpaired) electrons. The zero-order valence-corrected chi connectivity index (χ0v) is 17.9. The molecule has 0 aromatic carbocycles. The summed E-state index contributed by atoms with van der Waals surface area (Å²) in [6.07, 6.45) is 32.9. The molecule has 2 rings (SSSR count). The molecule has 2 saturated carbocycles. The lowest BCUT2D eigenvalue weighted by Crippen LogP contribution is -2.14. The van der Waals surface area contributed by atoms with Crippen molar-refractivity contribution in [1.29, 1.82) is 0 Å². The van der Waals surface area contributed by atoms with Crippen LogP contribution in [0.2, 0.25) is 0 Å². The summed E-state index contributed by atoms with van der Waals surface area (Å²) in [5.74, 6) is 3.84. The average molecular weight is 359 g/mol. The molecule has 0 aromatic rings. The molecule has 0 nitrogen and oxygen atoms in total. The largest absolute Gasteiger partial charge is 0.0883 e. The molecular weight excluding hydrogens is 312 g/mol. The van der Waals surface area contributed by atoms with E-state index in [-0.39, 0.29) is 0 Å². The van der Waals surface area contributed by atoms with Crippen molar-refractivity contribution in [3.05, 3.63) is 24.3 Å². The van der Waals surface area contributed by atoms with Crippen molar-refractivity contribution in [3.8, 4) is 0 Å². The van der Waals surface area contributed by atoms with Crippen LogP contribution in [0.3, 0.4) is 0 Å². The Morgan fingerprint density at radius 2 is 1.12 bits per heavy atom. The van der Waals surface area contributed by atoms with Crippen molar-refractivity contribution in [2.75, 3.05) is 0 Å². The summed E-state index contributed by atoms with van der Waals surface area (Å²) in [5.41, 5.74) is 0. The zero-order valence-electron chi connectivity index (χ0n) is 17.9. The van der Waals surface area contributed by atoms with Crippen molar-refractivity contribution < 1.29 is 0 Å². The third-order valence-corrected chi connectivity index (χ3v) is 7.01. The summed E-state index contributed by atoms with van der Waals surface area (Å²) in [7, 11) is 0. The molecule has 0 atom stereocenters. The van der Waals surface area contributed by atoms with Crippen LogP contribution in [0.1, 0.15) is 117 Å². The number of rotatable bonds is 11. The molecule has 0 spiro atoms. The third kappa shape index (κ3) is 8.92. The van der Waals surface area contributed by atoms with Crippen LogP contribution in [-0.2, 0) is 0 Å². The fourth-order valence-corrected chi connectivity index (χ4v) is 5.10. The fraction of sp³-hybridized carbons (Fsp3) is 0.846. The molecule has 2 fully saturated rings. The van der Waals surface area contributed by atoms with Gasteiger partial charge in [-0.2, -0.15) is 0 Å². The summed E-state index contributed by atoms with van der Waals surface area (Å²) in [6, 6.07) is 0. The Labute approximate surface area is 164 Å². The van der Waals surface area contributed by atoms with Crippen molar-refractivity contribution in [3.63, 3.8) is 0 Å². The number of hydrogen-bond donors (Lipinski definition) is 0. The minimum absolute atomic E-state index is 0.874. The first-order valence-electron chi connectivity index (χ1n) is 12.1. The average Bonchev–Trinajstić information content (AvgIpc) is 2.68. The van der Waals surface area contributed by atoms with Crippen molar-refractivity contribution >= 4 is 0 Å². The van der Waals surface area contributed by atoms with Gasteiger partial charge in [0, 0.05) is 0 Å². The lowest BCUT2D eigenvalue weighted by molar-refractivity contribution is 0.250. The van der Waals surface area contributed by atoms with Crippen LogP contribution in [0, 0.1) is 23.7 Å². The molecule has 0 heteroatoms. The number of hydrogen-bond acceptors (Lipinski definition) is 0. The second-order valence-corrected chi connectivity index (χ2v) is 9.28. The van der Waals surface area contributed by atoms with Crippen LogP contribution in [0.5, 0.6) is 0 Å². The monoisotopic (exact) mass is 358 g/mol. The summed E-state index contributed by atoms with van der Waals surface area (Å²) < 4.78 is 0. The molecule has 26 heavy (non-hydrogen) atoms. The zero-order chi connectivity index (χ0) is 18.5. The smallest absolute Gasteiger partial charge is 0.0233 e. The maximum absolute atomic E-state index is 2.57. The Kier molecular flexibility index (Phi) is 11.4. The SMILES string of the molecule is CCC/C=C/C1CCC(/C=C/CCC2CCC(CCCCC)CC2)CC1. The molecule has 0 unspecified atom stereocenters. The minimum atomic E-state index is 0.874. The molecule has 0 saturated heterocycles. The van der Waals surface area contributed by atoms with Gasteiger partial charge in [-0.05, 0) is 68.6 Å². The fourth-order valence-electron chi connectivity index (χ4n) is 5.10. The number of allylic oxidation sites excluding steroid dienone is 4. The van der Waals surface area contributed by atoms with E-state index in [1.807, 2.05) is 0 Å². The Morgan fingerprint density at radius 1 is 0.577 bits per heavy atom. The van der Waals surface area contributed by atoms with Crippen molar-refractivity contribution in [2.24, 2.45) is 23.7 Å². The maximum Gasteiger partial charge on any atom is -0.0233 e. The molecule has 0 heterocycles. The van der Waals surface area contributed by atoms with E-state index in [1.54, 1.807) is 0 Å². The quantitative estimate of drug-likeness (QED) is 0.255. The van der Waals surface area contributed by atoms with Crippen LogP contribution in [0.4, 0.5) is 0 Å².